The molecule has 0 saturated carbocycles. The molecule has 0 spiro atoms. The average molecular weight is 305 g/mol. The number of furan rings is 1. The number of hydrogen-bond donors (Lipinski definition) is 1. The summed E-state index contributed by atoms with van der Waals surface area (Å²) in [5.74, 6) is 2.19. The monoisotopic (exact) mass is 305 g/mol. The fourth-order valence-corrected chi connectivity index (χ4v) is 2.45. The topological polar surface area (TPSA) is 68.8 Å². The molecule has 0 aliphatic carbocycles. The lowest BCUT2D eigenvalue weighted by atomic mass is 10.2. The maximum atomic E-state index is 5.88. The number of anilines is 1. The summed E-state index contributed by atoms with van der Waals surface area (Å²) in [5, 5.41) is 8.56. The van der Waals surface area contributed by atoms with Crippen molar-refractivity contribution in [2.24, 2.45) is 0 Å². The average Bonchev–Trinajstić information content (AvgIpc) is 3.24. The van der Waals surface area contributed by atoms with Crippen LogP contribution in [0.3, 0.4) is 0 Å². The van der Waals surface area contributed by atoms with Crippen LogP contribution in [0, 0.1) is 0 Å². The largest absolute Gasteiger partial charge is 0.459 e. The number of benzene rings is 1. The van der Waals surface area contributed by atoms with Crippen molar-refractivity contribution in [1.29, 1.82) is 0 Å². The van der Waals surface area contributed by atoms with Crippen LogP contribution in [0.2, 0.25) is 0 Å². The molecule has 3 aromatic heterocycles. The van der Waals surface area contributed by atoms with Gasteiger partial charge in [0.05, 0.1) is 18.4 Å². The summed E-state index contributed by atoms with van der Waals surface area (Å²) in [6.45, 7) is 2.03. The van der Waals surface area contributed by atoms with Gasteiger partial charge in [-0.1, -0.05) is 18.2 Å². The molecule has 1 atom stereocenters. The number of hydrogen-bond acceptors (Lipinski definition) is 5. The minimum absolute atomic E-state index is 0.0235. The van der Waals surface area contributed by atoms with Gasteiger partial charge in [0.25, 0.3) is 0 Å². The van der Waals surface area contributed by atoms with E-state index in [-0.39, 0.29) is 6.04 Å². The first-order valence-electron chi connectivity index (χ1n) is 7.37. The molecule has 1 unspecified atom stereocenters. The SMILES string of the molecule is CC(Nc1cncc(-n2cccn2)n1)c1cc2ccccc2o1. The normalized spacial score (nSPS) is 12.4. The highest BCUT2D eigenvalue weighted by atomic mass is 16.3. The molecule has 0 aliphatic heterocycles. The summed E-state index contributed by atoms with van der Waals surface area (Å²) in [4.78, 5) is 8.73. The van der Waals surface area contributed by atoms with E-state index >= 15 is 0 Å². The predicted octanol–water partition coefficient (Wildman–Crippen LogP) is 3.58. The molecular weight excluding hydrogens is 290 g/mol. The molecule has 4 rings (SSSR count). The molecule has 23 heavy (non-hydrogen) atoms. The zero-order valence-electron chi connectivity index (χ0n) is 12.5. The molecular formula is C17H15N5O. The lowest BCUT2D eigenvalue weighted by Gasteiger charge is -2.12. The molecule has 4 aromatic rings. The third-order valence-corrected chi connectivity index (χ3v) is 3.60. The van der Waals surface area contributed by atoms with Crippen molar-refractivity contribution in [1.82, 2.24) is 19.7 Å². The molecule has 3 heterocycles. The number of nitrogens with one attached hydrogen (secondary N) is 1. The van der Waals surface area contributed by atoms with Gasteiger partial charge in [-0.25, -0.2) is 9.67 Å². The quantitative estimate of drug-likeness (QED) is 0.624. The fourth-order valence-electron chi connectivity index (χ4n) is 2.45. The third-order valence-electron chi connectivity index (χ3n) is 3.60. The Hall–Kier alpha value is -3.15. The molecule has 0 saturated heterocycles. The summed E-state index contributed by atoms with van der Waals surface area (Å²) in [5.41, 5.74) is 0.882. The van der Waals surface area contributed by atoms with E-state index in [9.17, 15) is 0 Å². The third kappa shape index (κ3) is 2.66. The van der Waals surface area contributed by atoms with E-state index in [1.807, 2.05) is 49.5 Å². The van der Waals surface area contributed by atoms with Crippen LogP contribution in [0.1, 0.15) is 18.7 Å². The highest BCUT2D eigenvalue weighted by Crippen LogP contribution is 2.25. The first-order chi connectivity index (χ1) is 11.3. The lowest BCUT2D eigenvalue weighted by Crippen LogP contribution is -2.09. The zero-order valence-corrected chi connectivity index (χ0v) is 12.5. The molecule has 0 radical (unpaired) electrons. The second kappa shape index (κ2) is 5.57. The second-order valence-electron chi connectivity index (χ2n) is 5.27. The van der Waals surface area contributed by atoms with Gasteiger partial charge in [0.2, 0.25) is 0 Å². The predicted molar refractivity (Wildman–Crippen MR) is 87.4 cm³/mol. The van der Waals surface area contributed by atoms with E-state index in [4.69, 9.17) is 4.42 Å². The Bertz CT molecular complexity index is 896. The molecule has 0 bridgehead atoms. The van der Waals surface area contributed by atoms with Gasteiger partial charge in [-0.15, -0.1) is 0 Å². The van der Waals surface area contributed by atoms with Crippen molar-refractivity contribution in [3.05, 3.63) is 66.9 Å². The van der Waals surface area contributed by atoms with Crippen LogP contribution in [-0.4, -0.2) is 19.7 Å². The Morgan fingerprint density at radius 2 is 2.09 bits per heavy atom. The Balaban J connectivity index is 1.58. The van der Waals surface area contributed by atoms with Gasteiger partial charge in [0, 0.05) is 17.8 Å². The first kappa shape index (κ1) is 13.5. The van der Waals surface area contributed by atoms with Crippen molar-refractivity contribution in [3.63, 3.8) is 0 Å². The molecule has 1 N–H and O–H groups in total. The van der Waals surface area contributed by atoms with Gasteiger partial charge in [-0.3, -0.25) is 4.98 Å². The Morgan fingerprint density at radius 3 is 2.91 bits per heavy atom. The minimum Gasteiger partial charge on any atom is -0.459 e. The number of fused-ring (bicyclic) bond motifs is 1. The molecule has 0 aliphatic rings. The Kier molecular flexibility index (Phi) is 3.27. The zero-order chi connectivity index (χ0) is 15.6. The lowest BCUT2D eigenvalue weighted by molar-refractivity contribution is 0.525. The van der Waals surface area contributed by atoms with Crippen molar-refractivity contribution in [2.45, 2.75) is 13.0 Å². The summed E-state index contributed by atoms with van der Waals surface area (Å²) in [7, 11) is 0. The van der Waals surface area contributed by atoms with Crippen LogP contribution < -0.4 is 5.32 Å². The van der Waals surface area contributed by atoms with Crippen LogP contribution in [0.15, 0.2) is 65.6 Å². The maximum Gasteiger partial charge on any atom is 0.173 e. The summed E-state index contributed by atoms with van der Waals surface area (Å²) in [6, 6.07) is 11.8. The minimum atomic E-state index is -0.0235. The Labute approximate surface area is 132 Å². The maximum absolute atomic E-state index is 5.88. The van der Waals surface area contributed by atoms with Gasteiger partial charge in [0.15, 0.2) is 5.82 Å². The number of aromatic nitrogens is 4. The first-order valence-corrected chi connectivity index (χ1v) is 7.37. The van der Waals surface area contributed by atoms with E-state index in [1.54, 1.807) is 23.3 Å². The van der Waals surface area contributed by atoms with Crippen LogP contribution in [0.5, 0.6) is 0 Å². The molecule has 6 nitrogen and oxygen atoms in total. The van der Waals surface area contributed by atoms with E-state index in [1.165, 1.54) is 0 Å². The summed E-state index contributed by atoms with van der Waals surface area (Å²) >= 11 is 0. The van der Waals surface area contributed by atoms with E-state index in [2.05, 4.69) is 20.4 Å². The molecule has 114 valence electrons. The van der Waals surface area contributed by atoms with Gasteiger partial charge in [-0.2, -0.15) is 5.10 Å². The van der Waals surface area contributed by atoms with Crippen molar-refractivity contribution in [2.75, 3.05) is 5.32 Å². The van der Waals surface area contributed by atoms with E-state index in [0.29, 0.717) is 11.6 Å². The van der Waals surface area contributed by atoms with Crippen molar-refractivity contribution >= 4 is 16.8 Å². The molecule has 0 fully saturated rings. The highest BCUT2D eigenvalue weighted by Gasteiger charge is 2.12. The number of para-hydroxylation sites is 1. The van der Waals surface area contributed by atoms with Gasteiger partial charge in [-0.05, 0) is 25.1 Å². The van der Waals surface area contributed by atoms with Crippen LogP contribution >= 0.6 is 0 Å². The molecule has 6 heteroatoms. The van der Waals surface area contributed by atoms with Crippen molar-refractivity contribution < 1.29 is 4.42 Å². The number of nitrogens with zero attached hydrogens (tertiary/aromatic N) is 4. The van der Waals surface area contributed by atoms with Gasteiger partial charge in [0.1, 0.15) is 17.2 Å². The van der Waals surface area contributed by atoms with Crippen molar-refractivity contribution in [3.8, 4) is 5.82 Å². The highest BCUT2D eigenvalue weighted by molar-refractivity contribution is 5.77. The van der Waals surface area contributed by atoms with Gasteiger partial charge >= 0.3 is 0 Å². The van der Waals surface area contributed by atoms with E-state index < -0.39 is 0 Å². The van der Waals surface area contributed by atoms with Crippen LogP contribution in [-0.2, 0) is 0 Å². The summed E-state index contributed by atoms with van der Waals surface area (Å²) < 4.78 is 7.55. The van der Waals surface area contributed by atoms with Crippen LogP contribution in [0.4, 0.5) is 5.82 Å². The summed E-state index contributed by atoms with van der Waals surface area (Å²) in [6.07, 6.45) is 6.89. The van der Waals surface area contributed by atoms with Gasteiger partial charge < -0.3 is 9.73 Å². The van der Waals surface area contributed by atoms with Crippen LogP contribution in [0.25, 0.3) is 16.8 Å². The fraction of sp³-hybridized carbons (Fsp3) is 0.118. The molecule has 0 amide bonds. The Morgan fingerprint density at radius 1 is 1.17 bits per heavy atom. The molecule has 1 aromatic carbocycles. The number of rotatable bonds is 4. The second-order valence-corrected chi connectivity index (χ2v) is 5.27. The van der Waals surface area contributed by atoms with E-state index in [0.717, 1.165) is 16.7 Å². The smallest absolute Gasteiger partial charge is 0.173 e. The standard InChI is InChI=1S/C17H15N5O/c1-12(15-9-13-5-2-3-6-14(13)23-15)20-16-10-18-11-17(21-16)22-8-4-7-19-22/h2-12H,1H3,(H,20,21).